The van der Waals surface area contributed by atoms with Crippen LogP contribution in [0.4, 0.5) is 8.78 Å². The van der Waals surface area contributed by atoms with Crippen LogP contribution in [0.15, 0.2) is 42.5 Å². The molecule has 2 rings (SSSR count). The maximum atomic E-state index is 13.6. The van der Waals surface area contributed by atoms with Gasteiger partial charge >= 0.3 is 0 Å². The normalized spacial score (nSPS) is 12.4. The molecular weight excluding hydrogens is 290 g/mol. The van der Waals surface area contributed by atoms with Crippen molar-refractivity contribution in [1.29, 1.82) is 0 Å². The fourth-order valence-corrected chi connectivity index (χ4v) is 2.58. The van der Waals surface area contributed by atoms with E-state index in [2.05, 4.69) is 19.1 Å². The molecule has 0 aromatic heterocycles. The SMILES string of the molecule is CCCCc1ccc(C(Cl)Cc2ccc(F)cc2F)cc1. The van der Waals surface area contributed by atoms with Crippen LogP contribution < -0.4 is 0 Å². The van der Waals surface area contributed by atoms with E-state index in [9.17, 15) is 8.78 Å². The Balaban J connectivity index is 2.04. The highest BCUT2D eigenvalue weighted by Gasteiger charge is 2.12. The Morgan fingerprint density at radius 1 is 1.05 bits per heavy atom. The third-order valence-electron chi connectivity index (χ3n) is 3.57. The molecule has 0 aliphatic rings. The quantitative estimate of drug-likeness (QED) is 0.589. The Labute approximate surface area is 129 Å². The molecule has 1 atom stereocenters. The highest BCUT2D eigenvalue weighted by Crippen LogP contribution is 2.27. The Morgan fingerprint density at radius 2 is 1.76 bits per heavy atom. The summed E-state index contributed by atoms with van der Waals surface area (Å²) >= 11 is 6.35. The molecule has 0 spiro atoms. The number of alkyl halides is 1. The van der Waals surface area contributed by atoms with Crippen molar-refractivity contribution in [2.75, 3.05) is 0 Å². The van der Waals surface area contributed by atoms with Crippen LogP contribution in [0.25, 0.3) is 0 Å². The third-order valence-corrected chi connectivity index (χ3v) is 3.98. The van der Waals surface area contributed by atoms with Gasteiger partial charge in [-0.1, -0.05) is 43.7 Å². The zero-order valence-electron chi connectivity index (χ0n) is 12.1. The molecule has 2 aromatic carbocycles. The minimum absolute atomic E-state index is 0.315. The topological polar surface area (TPSA) is 0 Å². The molecule has 0 bridgehead atoms. The van der Waals surface area contributed by atoms with Crippen molar-refractivity contribution in [3.63, 3.8) is 0 Å². The summed E-state index contributed by atoms with van der Waals surface area (Å²) in [5.74, 6) is -1.11. The van der Waals surface area contributed by atoms with E-state index in [-0.39, 0.29) is 5.38 Å². The average molecular weight is 309 g/mol. The molecule has 0 N–H and O–H groups in total. The monoisotopic (exact) mass is 308 g/mol. The van der Waals surface area contributed by atoms with Gasteiger partial charge in [-0.3, -0.25) is 0 Å². The van der Waals surface area contributed by atoms with E-state index < -0.39 is 11.6 Å². The first-order valence-electron chi connectivity index (χ1n) is 7.27. The van der Waals surface area contributed by atoms with Crippen molar-refractivity contribution < 1.29 is 8.78 Å². The van der Waals surface area contributed by atoms with Gasteiger partial charge in [-0.2, -0.15) is 0 Å². The van der Waals surface area contributed by atoms with Gasteiger partial charge in [0.15, 0.2) is 0 Å². The van der Waals surface area contributed by atoms with Crippen LogP contribution in [0.3, 0.4) is 0 Å². The minimum atomic E-state index is -0.567. The van der Waals surface area contributed by atoms with Crippen LogP contribution in [0.2, 0.25) is 0 Å². The van der Waals surface area contributed by atoms with E-state index >= 15 is 0 Å². The van der Waals surface area contributed by atoms with Crippen LogP contribution in [0, 0.1) is 11.6 Å². The van der Waals surface area contributed by atoms with Crippen LogP contribution in [0.5, 0.6) is 0 Å². The third kappa shape index (κ3) is 4.53. The lowest BCUT2D eigenvalue weighted by Crippen LogP contribution is -1.99. The van der Waals surface area contributed by atoms with E-state index in [1.54, 1.807) is 0 Å². The van der Waals surface area contributed by atoms with Gasteiger partial charge in [0.05, 0.1) is 5.38 Å². The smallest absolute Gasteiger partial charge is 0.129 e. The van der Waals surface area contributed by atoms with Gasteiger partial charge in [0.1, 0.15) is 11.6 Å². The predicted molar refractivity (Wildman–Crippen MR) is 83.7 cm³/mol. The summed E-state index contributed by atoms with van der Waals surface area (Å²) in [5.41, 5.74) is 2.68. The molecule has 0 heterocycles. The van der Waals surface area contributed by atoms with Gasteiger partial charge in [-0.25, -0.2) is 8.78 Å². The van der Waals surface area contributed by atoms with Crippen LogP contribution in [-0.2, 0) is 12.8 Å². The summed E-state index contributed by atoms with van der Waals surface area (Å²) < 4.78 is 26.5. The number of benzene rings is 2. The summed E-state index contributed by atoms with van der Waals surface area (Å²) in [5, 5.41) is -0.315. The molecule has 0 radical (unpaired) electrons. The molecule has 0 nitrogen and oxygen atoms in total. The summed E-state index contributed by atoms with van der Waals surface area (Å²) in [6, 6.07) is 11.7. The molecule has 0 saturated carbocycles. The van der Waals surface area contributed by atoms with E-state index in [1.807, 2.05) is 12.1 Å². The van der Waals surface area contributed by atoms with E-state index in [0.717, 1.165) is 18.1 Å². The maximum absolute atomic E-state index is 13.6. The molecule has 0 amide bonds. The fourth-order valence-electron chi connectivity index (χ4n) is 2.27. The molecule has 3 heteroatoms. The number of hydrogen-bond donors (Lipinski definition) is 0. The standard InChI is InChI=1S/C18H19ClF2/c1-2-3-4-13-5-7-14(8-6-13)17(19)11-15-9-10-16(20)12-18(15)21/h5-10,12,17H,2-4,11H2,1H3. The van der Waals surface area contributed by atoms with E-state index in [0.29, 0.717) is 12.0 Å². The zero-order valence-corrected chi connectivity index (χ0v) is 12.8. The van der Waals surface area contributed by atoms with E-state index in [1.165, 1.54) is 30.5 Å². The lowest BCUT2D eigenvalue weighted by Gasteiger charge is -2.11. The fraction of sp³-hybridized carbons (Fsp3) is 0.333. The van der Waals surface area contributed by atoms with Crippen molar-refractivity contribution in [1.82, 2.24) is 0 Å². The number of hydrogen-bond acceptors (Lipinski definition) is 0. The molecule has 112 valence electrons. The Hall–Kier alpha value is -1.41. The van der Waals surface area contributed by atoms with Crippen LogP contribution >= 0.6 is 11.6 Å². The van der Waals surface area contributed by atoms with Gasteiger partial charge in [0.25, 0.3) is 0 Å². The number of unbranched alkanes of at least 4 members (excludes halogenated alkanes) is 1. The number of aryl methyl sites for hydroxylation is 1. The molecule has 0 aliphatic carbocycles. The van der Waals surface area contributed by atoms with Gasteiger partial charge in [0, 0.05) is 6.07 Å². The van der Waals surface area contributed by atoms with Crippen LogP contribution in [0.1, 0.15) is 41.8 Å². The Kier molecular flexibility index (Phi) is 5.75. The second-order valence-electron chi connectivity index (χ2n) is 5.25. The molecule has 1 unspecified atom stereocenters. The van der Waals surface area contributed by atoms with Gasteiger partial charge < -0.3 is 0 Å². The Morgan fingerprint density at radius 3 is 2.38 bits per heavy atom. The van der Waals surface area contributed by atoms with Crippen LogP contribution in [-0.4, -0.2) is 0 Å². The molecule has 0 aliphatic heterocycles. The van der Waals surface area contributed by atoms with Gasteiger partial charge in [-0.15, -0.1) is 11.6 Å². The van der Waals surface area contributed by atoms with Crippen molar-refractivity contribution in [3.05, 3.63) is 70.8 Å². The molecule has 21 heavy (non-hydrogen) atoms. The summed E-state index contributed by atoms with van der Waals surface area (Å²) in [6.07, 6.45) is 3.76. The highest BCUT2D eigenvalue weighted by molar-refractivity contribution is 6.20. The molecule has 0 saturated heterocycles. The van der Waals surface area contributed by atoms with E-state index in [4.69, 9.17) is 11.6 Å². The van der Waals surface area contributed by atoms with Crippen molar-refractivity contribution in [2.24, 2.45) is 0 Å². The zero-order chi connectivity index (χ0) is 15.2. The maximum Gasteiger partial charge on any atom is 0.129 e. The average Bonchev–Trinajstić information content (AvgIpc) is 2.48. The molecule has 0 fully saturated rings. The largest absolute Gasteiger partial charge is 0.207 e. The Bertz CT molecular complexity index is 578. The van der Waals surface area contributed by atoms with Gasteiger partial charge in [-0.05, 0) is 42.0 Å². The first kappa shape index (κ1) is 16.0. The van der Waals surface area contributed by atoms with Crippen molar-refractivity contribution >= 4 is 11.6 Å². The predicted octanol–water partition coefficient (Wildman–Crippen LogP) is 5.83. The van der Waals surface area contributed by atoms with Crippen molar-refractivity contribution in [3.8, 4) is 0 Å². The summed E-state index contributed by atoms with van der Waals surface area (Å²) in [6.45, 7) is 2.17. The first-order chi connectivity index (χ1) is 10.1. The second-order valence-corrected chi connectivity index (χ2v) is 5.78. The lowest BCUT2D eigenvalue weighted by atomic mass is 10.0. The second kappa shape index (κ2) is 7.56. The first-order valence-corrected chi connectivity index (χ1v) is 7.70. The minimum Gasteiger partial charge on any atom is -0.207 e. The summed E-state index contributed by atoms with van der Waals surface area (Å²) in [4.78, 5) is 0. The number of rotatable bonds is 6. The van der Waals surface area contributed by atoms with Gasteiger partial charge in [0.2, 0.25) is 0 Å². The lowest BCUT2D eigenvalue weighted by molar-refractivity contribution is 0.570. The highest BCUT2D eigenvalue weighted by atomic mass is 35.5. The molecule has 2 aromatic rings. The van der Waals surface area contributed by atoms with Crippen molar-refractivity contribution in [2.45, 2.75) is 38.0 Å². The summed E-state index contributed by atoms with van der Waals surface area (Å²) in [7, 11) is 0. The number of halogens is 3. The molecular formula is C18H19ClF2.